The van der Waals surface area contributed by atoms with Crippen LogP contribution in [0.2, 0.25) is 0 Å². The molecular weight excluding hydrogens is 344 g/mol. The van der Waals surface area contributed by atoms with Crippen LogP contribution in [0, 0.1) is 0 Å². The zero-order chi connectivity index (χ0) is 19.8. The number of ketones is 1. The summed E-state index contributed by atoms with van der Waals surface area (Å²) in [6.45, 7) is 0. The number of hydrogen-bond acceptors (Lipinski definition) is 6. The van der Waals surface area contributed by atoms with Gasteiger partial charge in [-0.1, -0.05) is 24.3 Å². The Balaban J connectivity index is 2.05. The zero-order valence-corrected chi connectivity index (χ0v) is 15.2. The molecule has 0 saturated carbocycles. The number of carbonyl (C=O) groups excluding carboxylic acids is 1. The maximum Gasteiger partial charge on any atom is 0.182 e. The molecule has 0 spiro atoms. The molecule has 5 N–H and O–H groups in total. The smallest absolute Gasteiger partial charge is 0.182 e. The first-order chi connectivity index (χ1) is 12.9. The van der Waals surface area contributed by atoms with E-state index in [1.165, 1.54) is 26.4 Å². The second-order valence-electron chi connectivity index (χ2n) is 5.64. The van der Waals surface area contributed by atoms with Gasteiger partial charge in [0.15, 0.2) is 5.78 Å². The van der Waals surface area contributed by atoms with E-state index in [1.54, 1.807) is 48.6 Å². The van der Waals surface area contributed by atoms with Gasteiger partial charge in [-0.2, -0.15) is 0 Å². The standard InChI is InChI=1S/C21H22N2O4/c1-26-20-11-14(5-9-18(20)22)3-7-16(24)13-17(25)8-4-15-6-10-19(23)21(12-15)27-2/h3-13,24H,22-23H2,1-2H3/b7-3+,8-4+,16-13?. The van der Waals surface area contributed by atoms with Crippen LogP contribution in [0.25, 0.3) is 12.2 Å². The number of benzene rings is 2. The fourth-order valence-corrected chi connectivity index (χ4v) is 2.26. The van der Waals surface area contributed by atoms with Crippen LogP contribution >= 0.6 is 0 Å². The van der Waals surface area contributed by atoms with E-state index in [9.17, 15) is 9.90 Å². The van der Waals surface area contributed by atoms with Crippen molar-refractivity contribution in [2.75, 3.05) is 25.7 Å². The molecule has 6 nitrogen and oxygen atoms in total. The summed E-state index contributed by atoms with van der Waals surface area (Å²) in [6.07, 6.45) is 7.15. The lowest BCUT2D eigenvalue weighted by Gasteiger charge is -2.04. The van der Waals surface area contributed by atoms with Crippen LogP contribution in [0.3, 0.4) is 0 Å². The van der Waals surface area contributed by atoms with Crippen LogP contribution in [0.1, 0.15) is 11.1 Å². The second-order valence-corrected chi connectivity index (χ2v) is 5.64. The van der Waals surface area contributed by atoms with E-state index < -0.39 is 0 Å². The molecule has 27 heavy (non-hydrogen) atoms. The predicted octanol–water partition coefficient (Wildman–Crippen LogP) is 3.61. The number of ether oxygens (including phenoxy) is 2. The van der Waals surface area contributed by atoms with Crippen LogP contribution in [0.5, 0.6) is 11.5 Å². The molecule has 2 rings (SSSR count). The minimum atomic E-state index is -0.358. The molecule has 0 bridgehead atoms. The highest BCUT2D eigenvalue weighted by atomic mass is 16.5. The predicted molar refractivity (Wildman–Crippen MR) is 109 cm³/mol. The van der Waals surface area contributed by atoms with Crippen LogP contribution < -0.4 is 20.9 Å². The lowest BCUT2D eigenvalue weighted by Crippen LogP contribution is -1.93. The van der Waals surface area contributed by atoms with Crippen molar-refractivity contribution in [3.05, 3.63) is 71.5 Å². The summed E-state index contributed by atoms with van der Waals surface area (Å²) in [6, 6.07) is 10.4. The number of nitrogens with two attached hydrogens (primary N) is 2. The highest BCUT2D eigenvalue weighted by Gasteiger charge is 2.01. The second kappa shape index (κ2) is 9.15. The van der Waals surface area contributed by atoms with E-state index in [0.29, 0.717) is 22.9 Å². The fourth-order valence-electron chi connectivity index (χ4n) is 2.26. The Bertz CT molecular complexity index is 914. The van der Waals surface area contributed by atoms with Crippen LogP contribution in [0.15, 0.2) is 60.4 Å². The van der Waals surface area contributed by atoms with Crippen LogP contribution in [-0.2, 0) is 4.79 Å². The molecule has 0 aromatic heterocycles. The molecule has 2 aromatic carbocycles. The highest BCUT2D eigenvalue weighted by molar-refractivity contribution is 6.02. The molecule has 0 aliphatic carbocycles. The third kappa shape index (κ3) is 5.67. The first-order valence-electron chi connectivity index (χ1n) is 8.10. The molecule has 0 unspecified atom stereocenters. The molecule has 0 fully saturated rings. The average Bonchev–Trinajstić information content (AvgIpc) is 2.66. The van der Waals surface area contributed by atoms with Gasteiger partial charge in [-0.15, -0.1) is 0 Å². The number of anilines is 2. The number of hydrogen-bond donors (Lipinski definition) is 3. The summed E-state index contributed by atoms with van der Waals surface area (Å²) in [5, 5.41) is 9.90. The maximum atomic E-state index is 12.0. The van der Waals surface area contributed by atoms with Gasteiger partial charge in [0.1, 0.15) is 17.3 Å². The van der Waals surface area contributed by atoms with Crippen molar-refractivity contribution in [1.29, 1.82) is 0 Å². The van der Waals surface area contributed by atoms with Crippen molar-refractivity contribution in [2.24, 2.45) is 0 Å². The Kier molecular flexibility index (Phi) is 6.66. The monoisotopic (exact) mass is 366 g/mol. The molecule has 0 amide bonds. The van der Waals surface area contributed by atoms with Gasteiger partial charge in [0, 0.05) is 6.08 Å². The minimum absolute atomic E-state index is 0.171. The van der Waals surface area contributed by atoms with Crippen molar-refractivity contribution in [3.8, 4) is 11.5 Å². The molecule has 6 heteroatoms. The first kappa shape index (κ1) is 19.7. The summed E-state index contributed by atoms with van der Waals surface area (Å²) in [5.41, 5.74) is 14.1. The Morgan fingerprint density at radius 2 is 1.37 bits per heavy atom. The third-order valence-corrected chi connectivity index (χ3v) is 3.69. The quantitative estimate of drug-likeness (QED) is 0.299. The molecule has 0 atom stereocenters. The Labute approximate surface area is 158 Å². The average molecular weight is 366 g/mol. The normalized spacial score (nSPS) is 11.9. The number of aliphatic hydroxyl groups excluding tert-OH is 1. The summed E-state index contributed by atoms with van der Waals surface area (Å²) in [4.78, 5) is 12.0. The van der Waals surface area contributed by atoms with E-state index in [1.807, 2.05) is 0 Å². The van der Waals surface area contributed by atoms with Gasteiger partial charge < -0.3 is 26.0 Å². The summed E-state index contributed by atoms with van der Waals surface area (Å²) in [5.74, 6) is 0.543. The third-order valence-electron chi connectivity index (χ3n) is 3.69. The number of rotatable bonds is 7. The van der Waals surface area contributed by atoms with Crippen molar-refractivity contribution in [1.82, 2.24) is 0 Å². The van der Waals surface area contributed by atoms with Crippen molar-refractivity contribution in [2.45, 2.75) is 0 Å². The minimum Gasteiger partial charge on any atom is -0.508 e. The molecule has 0 saturated heterocycles. The van der Waals surface area contributed by atoms with Gasteiger partial charge >= 0.3 is 0 Å². The molecule has 2 aromatic rings. The maximum absolute atomic E-state index is 12.0. The highest BCUT2D eigenvalue weighted by Crippen LogP contribution is 2.23. The fraction of sp³-hybridized carbons (Fsp3) is 0.0952. The van der Waals surface area contributed by atoms with E-state index in [2.05, 4.69) is 0 Å². The SMILES string of the molecule is COc1cc(/C=C/C(=O)C=C(O)/C=C/c2ccc(N)c(OC)c2)ccc1N. The van der Waals surface area contributed by atoms with Crippen molar-refractivity contribution in [3.63, 3.8) is 0 Å². The number of aliphatic hydroxyl groups is 1. The van der Waals surface area contributed by atoms with E-state index >= 15 is 0 Å². The van der Waals surface area contributed by atoms with Gasteiger partial charge in [0.05, 0.1) is 25.6 Å². The molecular formula is C21H22N2O4. The molecule has 140 valence electrons. The Morgan fingerprint density at radius 1 is 0.889 bits per heavy atom. The van der Waals surface area contributed by atoms with Gasteiger partial charge in [0.25, 0.3) is 0 Å². The summed E-state index contributed by atoms with van der Waals surface area (Å²) < 4.78 is 10.3. The lowest BCUT2D eigenvalue weighted by atomic mass is 10.1. The molecule has 0 aliphatic rings. The Morgan fingerprint density at radius 3 is 1.85 bits per heavy atom. The van der Waals surface area contributed by atoms with E-state index in [0.717, 1.165) is 17.2 Å². The Hall–Kier alpha value is -3.67. The largest absolute Gasteiger partial charge is 0.508 e. The van der Waals surface area contributed by atoms with Gasteiger partial charge in [0.2, 0.25) is 0 Å². The number of allylic oxidation sites excluding steroid dienone is 3. The summed E-state index contributed by atoms with van der Waals surface area (Å²) >= 11 is 0. The van der Waals surface area contributed by atoms with Gasteiger partial charge in [-0.05, 0) is 47.5 Å². The van der Waals surface area contributed by atoms with E-state index in [-0.39, 0.29) is 11.5 Å². The first-order valence-corrected chi connectivity index (χ1v) is 8.10. The van der Waals surface area contributed by atoms with Gasteiger partial charge in [-0.25, -0.2) is 0 Å². The lowest BCUT2D eigenvalue weighted by molar-refractivity contribution is -0.110. The zero-order valence-electron chi connectivity index (χ0n) is 15.2. The van der Waals surface area contributed by atoms with Crippen LogP contribution in [-0.4, -0.2) is 25.1 Å². The van der Waals surface area contributed by atoms with Crippen molar-refractivity contribution < 1.29 is 19.4 Å². The number of carbonyl (C=O) groups is 1. The molecule has 0 heterocycles. The number of nitrogen functional groups attached to an aromatic ring is 2. The van der Waals surface area contributed by atoms with Gasteiger partial charge in [-0.3, -0.25) is 4.79 Å². The van der Waals surface area contributed by atoms with E-state index in [4.69, 9.17) is 20.9 Å². The summed E-state index contributed by atoms with van der Waals surface area (Å²) in [7, 11) is 3.05. The molecule has 0 radical (unpaired) electrons. The van der Waals surface area contributed by atoms with Crippen LogP contribution in [0.4, 0.5) is 11.4 Å². The van der Waals surface area contributed by atoms with Crippen molar-refractivity contribution >= 4 is 29.3 Å². The number of methoxy groups -OCH3 is 2. The molecule has 0 aliphatic heterocycles. The topological polar surface area (TPSA) is 108 Å².